The van der Waals surface area contributed by atoms with E-state index in [9.17, 15) is 9.90 Å². The van der Waals surface area contributed by atoms with Gasteiger partial charge in [-0.3, -0.25) is 9.69 Å². The van der Waals surface area contributed by atoms with Crippen LogP contribution in [-0.2, 0) is 17.8 Å². The van der Waals surface area contributed by atoms with E-state index in [0.29, 0.717) is 12.3 Å². The molecule has 1 fully saturated rings. The second kappa shape index (κ2) is 11.5. The molecule has 0 spiro atoms. The second-order valence-electron chi connectivity index (χ2n) is 8.67. The quantitative estimate of drug-likeness (QED) is 0.260. The van der Waals surface area contributed by atoms with Crippen LogP contribution in [0.25, 0.3) is 10.4 Å². The topological polar surface area (TPSA) is 43.8 Å². The van der Waals surface area contributed by atoms with Gasteiger partial charge in [0.2, 0.25) is 5.91 Å². The van der Waals surface area contributed by atoms with Gasteiger partial charge in [0.1, 0.15) is 9.57 Å². The lowest BCUT2D eigenvalue weighted by molar-refractivity contribution is -0.136. The molecule has 1 amide bonds. The summed E-state index contributed by atoms with van der Waals surface area (Å²) in [4.78, 5) is 17.8. The number of phenols is 1. The van der Waals surface area contributed by atoms with Gasteiger partial charge in [-0.05, 0) is 42.2 Å². The van der Waals surface area contributed by atoms with Gasteiger partial charge in [-0.2, -0.15) is 0 Å². The van der Waals surface area contributed by atoms with Crippen LogP contribution in [0.2, 0.25) is 0 Å². The van der Waals surface area contributed by atoms with Gasteiger partial charge in [-0.25, -0.2) is 0 Å². The molecule has 1 aromatic heterocycles. The lowest BCUT2D eigenvalue weighted by atomic mass is 10.0. The number of unbranched alkanes of at least 4 members (excludes halogenated alkanes) is 3. The average molecular weight is 479 g/mol. The van der Waals surface area contributed by atoms with Gasteiger partial charge in [0.15, 0.2) is 0 Å². The third kappa shape index (κ3) is 6.37. The van der Waals surface area contributed by atoms with Crippen molar-refractivity contribution in [3.8, 4) is 16.2 Å². The zero-order chi connectivity index (χ0) is 22.4. The molecule has 0 aliphatic carbocycles. The summed E-state index contributed by atoms with van der Waals surface area (Å²) in [7, 11) is 3.44. The molecule has 31 heavy (non-hydrogen) atoms. The number of carbonyl (C=O) groups excluding carboxylic acids is 1. The molecule has 0 bridgehead atoms. The highest BCUT2D eigenvalue weighted by molar-refractivity contribution is 7.80. The van der Waals surface area contributed by atoms with Crippen molar-refractivity contribution in [2.24, 2.45) is 5.92 Å². The van der Waals surface area contributed by atoms with Crippen LogP contribution in [0.1, 0.15) is 57.6 Å². The van der Waals surface area contributed by atoms with Gasteiger partial charge in [0.25, 0.3) is 0 Å². The fourth-order valence-electron chi connectivity index (χ4n) is 4.03. The van der Waals surface area contributed by atoms with Gasteiger partial charge < -0.3 is 10.0 Å². The molecular formula is C24H34N2O2S3. The van der Waals surface area contributed by atoms with Gasteiger partial charge in [0, 0.05) is 44.2 Å². The van der Waals surface area contributed by atoms with Gasteiger partial charge in [-0.1, -0.05) is 72.9 Å². The maximum Gasteiger partial charge on any atom is 0.225 e. The molecule has 0 radical (unpaired) electrons. The first-order valence-electron chi connectivity index (χ1n) is 11.4. The zero-order valence-corrected chi connectivity index (χ0v) is 21.3. The van der Waals surface area contributed by atoms with Crippen molar-refractivity contribution in [1.82, 2.24) is 9.80 Å². The Labute approximate surface area is 198 Å². The van der Waals surface area contributed by atoms with Crippen LogP contribution < -0.4 is 0 Å². The SMILES string of the molecule is CCCCCCc1c(-c2ccc(O)c(CN3CCN(C(=O)C(C)C)CC3)c2)ssc1=S. The van der Waals surface area contributed by atoms with Gasteiger partial charge in [-0.15, -0.1) is 0 Å². The Morgan fingerprint density at radius 2 is 1.87 bits per heavy atom. The fourth-order valence-corrected chi connectivity index (χ4v) is 7.03. The van der Waals surface area contributed by atoms with E-state index in [1.807, 2.05) is 30.9 Å². The van der Waals surface area contributed by atoms with E-state index in [1.165, 1.54) is 36.1 Å². The third-order valence-electron chi connectivity index (χ3n) is 5.92. The van der Waals surface area contributed by atoms with E-state index in [-0.39, 0.29) is 11.8 Å². The lowest BCUT2D eigenvalue weighted by Gasteiger charge is -2.35. The molecule has 1 N–H and O–H groups in total. The zero-order valence-electron chi connectivity index (χ0n) is 18.9. The van der Waals surface area contributed by atoms with Crippen LogP contribution in [0, 0.1) is 9.74 Å². The van der Waals surface area contributed by atoms with Crippen LogP contribution in [0.5, 0.6) is 5.75 Å². The number of hydrogen-bond acceptors (Lipinski definition) is 6. The van der Waals surface area contributed by atoms with Crippen molar-refractivity contribution in [3.63, 3.8) is 0 Å². The summed E-state index contributed by atoms with van der Waals surface area (Å²) in [6, 6.07) is 5.96. The van der Waals surface area contributed by atoms with E-state index in [0.717, 1.165) is 47.6 Å². The van der Waals surface area contributed by atoms with E-state index in [1.54, 1.807) is 20.7 Å². The van der Waals surface area contributed by atoms with Crippen molar-refractivity contribution in [2.45, 2.75) is 59.4 Å². The molecule has 1 saturated heterocycles. The number of hydrogen-bond donors (Lipinski definition) is 1. The molecular weight excluding hydrogens is 444 g/mol. The Kier molecular flexibility index (Phi) is 9.07. The third-order valence-corrected chi connectivity index (χ3v) is 9.11. The first-order valence-corrected chi connectivity index (χ1v) is 13.9. The molecule has 3 rings (SSSR count). The standard InChI is InChI=1S/C24H34N2O2S3/c1-4-5-6-7-8-20-22(30-31-24(20)29)18-9-10-21(27)19(15-18)16-25-11-13-26(14-12-25)23(28)17(2)3/h9-10,15,17,27H,4-8,11-14,16H2,1-3H3. The van der Waals surface area contributed by atoms with Crippen LogP contribution >= 0.6 is 32.9 Å². The number of benzene rings is 1. The Morgan fingerprint density at radius 3 is 2.55 bits per heavy atom. The summed E-state index contributed by atoms with van der Waals surface area (Å²) in [5.41, 5.74) is 3.41. The number of phenolic OH excluding ortho intramolecular Hbond substituents is 1. The highest BCUT2D eigenvalue weighted by Crippen LogP contribution is 2.37. The average Bonchev–Trinajstić information content (AvgIpc) is 3.13. The summed E-state index contributed by atoms with van der Waals surface area (Å²) in [5.74, 6) is 0.618. The lowest BCUT2D eigenvalue weighted by Crippen LogP contribution is -2.49. The number of amides is 1. The Bertz CT molecular complexity index is 927. The van der Waals surface area contributed by atoms with Crippen LogP contribution in [0.4, 0.5) is 0 Å². The molecule has 4 nitrogen and oxygen atoms in total. The Hall–Kier alpha value is -1.28. The van der Waals surface area contributed by atoms with E-state index < -0.39 is 0 Å². The molecule has 2 aromatic rings. The van der Waals surface area contributed by atoms with Crippen LogP contribution in [0.15, 0.2) is 18.2 Å². The number of aromatic hydroxyl groups is 1. The van der Waals surface area contributed by atoms with Crippen LogP contribution in [0.3, 0.4) is 0 Å². The Balaban J connectivity index is 1.69. The normalized spacial score (nSPS) is 15.0. The number of piperazine rings is 1. The van der Waals surface area contributed by atoms with Crippen molar-refractivity contribution in [1.29, 1.82) is 0 Å². The molecule has 0 saturated carbocycles. The van der Waals surface area contributed by atoms with Crippen LogP contribution in [-0.4, -0.2) is 47.0 Å². The molecule has 0 atom stereocenters. The fraction of sp³-hybridized carbons (Fsp3) is 0.583. The molecule has 7 heteroatoms. The first kappa shape index (κ1) is 24.4. The van der Waals surface area contributed by atoms with Crippen molar-refractivity contribution in [3.05, 3.63) is 33.1 Å². The van der Waals surface area contributed by atoms with Crippen molar-refractivity contribution in [2.75, 3.05) is 26.2 Å². The first-order chi connectivity index (χ1) is 14.9. The highest BCUT2D eigenvalue weighted by Gasteiger charge is 2.23. The molecule has 1 aliphatic rings. The molecule has 170 valence electrons. The molecule has 0 unspecified atom stereocenters. The molecule has 1 aliphatic heterocycles. The predicted molar refractivity (Wildman–Crippen MR) is 135 cm³/mol. The van der Waals surface area contributed by atoms with Gasteiger partial charge in [0.05, 0.1) is 4.88 Å². The summed E-state index contributed by atoms with van der Waals surface area (Å²) in [6.07, 6.45) is 5.97. The minimum absolute atomic E-state index is 0.0459. The minimum atomic E-state index is 0.0459. The summed E-state index contributed by atoms with van der Waals surface area (Å²) < 4.78 is 1.01. The van der Waals surface area contributed by atoms with Gasteiger partial charge >= 0.3 is 0 Å². The second-order valence-corrected chi connectivity index (χ2v) is 11.5. The van der Waals surface area contributed by atoms with Crippen molar-refractivity contribution >= 4 is 38.8 Å². The largest absolute Gasteiger partial charge is 0.508 e. The summed E-state index contributed by atoms with van der Waals surface area (Å²) in [6.45, 7) is 10.0. The molecule has 1 aromatic carbocycles. The maximum atomic E-state index is 12.2. The molecule has 2 heterocycles. The summed E-state index contributed by atoms with van der Waals surface area (Å²) in [5, 5.41) is 10.5. The smallest absolute Gasteiger partial charge is 0.225 e. The van der Waals surface area contributed by atoms with E-state index >= 15 is 0 Å². The minimum Gasteiger partial charge on any atom is -0.508 e. The van der Waals surface area contributed by atoms with E-state index in [4.69, 9.17) is 12.2 Å². The predicted octanol–water partition coefficient (Wildman–Crippen LogP) is 6.33. The van der Waals surface area contributed by atoms with E-state index in [2.05, 4.69) is 17.9 Å². The number of rotatable bonds is 9. The maximum absolute atomic E-state index is 12.2. The monoisotopic (exact) mass is 478 g/mol. The Morgan fingerprint density at radius 1 is 1.13 bits per heavy atom. The number of carbonyl (C=O) groups is 1. The summed E-state index contributed by atoms with van der Waals surface area (Å²) >= 11 is 5.63. The van der Waals surface area contributed by atoms with Crippen molar-refractivity contribution < 1.29 is 9.90 Å². The number of nitrogens with zero attached hydrogens (tertiary/aromatic N) is 2. The highest BCUT2D eigenvalue weighted by atomic mass is 32.9.